The van der Waals surface area contributed by atoms with E-state index >= 15 is 0 Å². The molecule has 1 heterocycles. The van der Waals surface area contributed by atoms with Crippen LogP contribution < -0.4 is 5.32 Å². The number of nitrogens with one attached hydrogen (secondary N) is 1. The summed E-state index contributed by atoms with van der Waals surface area (Å²) in [4.78, 5) is 22.6. The summed E-state index contributed by atoms with van der Waals surface area (Å²) < 4.78 is 1.68. The van der Waals surface area contributed by atoms with Gasteiger partial charge in [0.2, 0.25) is 0 Å². The van der Waals surface area contributed by atoms with Crippen molar-refractivity contribution in [2.75, 3.05) is 0 Å². The molecule has 90 valence electrons. The van der Waals surface area contributed by atoms with Gasteiger partial charge in [0, 0.05) is 19.2 Å². The molecule has 0 spiro atoms. The molecule has 0 radical (unpaired) electrons. The minimum atomic E-state index is -1.14. The third kappa shape index (κ3) is 2.88. The molecule has 1 atom stereocenters. The lowest BCUT2D eigenvalue weighted by Crippen LogP contribution is -2.41. The van der Waals surface area contributed by atoms with Gasteiger partial charge in [-0.15, -0.1) is 12.3 Å². The molecule has 1 rings (SSSR count). The lowest BCUT2D eigenvalue weighted by Gasteiger charge is -2.12. The van der Waals surface area contributed by atoms with Crippen LogP contribution in [0.5, 0.6) is 0 Å². The zero-order valence-electron chi connectivity index (χ0n) is 9.73. The van der Waals surface area contributed by atoms with Crippen molar-refractivity contribution in [1.82, 2.24) is 9.88 Å². The average molecular weight is 234 g/mol. The quantitative estimate of drug-likeness (QED) is 0.747. The zero-order valence-corrected chi connectivity index (χ0v) is 9.73. The number of aryl methyl sites for hydroxylation is 1. The number of terminal acetylenes is 1. The molecule has 0 saturated heterocycles. The third-order valence-corrected chi connectivity index (χ3v) is 2.53. The summed E-state index contributed by atoms with van der Waals surface area (Å²) in [5.74, 6) is 0.645. The number of carboxylic acids is 1. The minimum absolute atomic E-state index is 0.0372. The summed E-state index contributed by atoms with van der Waals surface area (Å²) in [6, 6.07) is 2.37. The molecular formula is C12H14N2O3. The molecule has 0 fully saturated rings. The Labute approximate surface area is 99.4 Å². The fourth-order valence-corrected chi connectivity index (χ4v) is 1.39. The van der Waals surface area contributed by atoms with Crippen LogP contribution in [0.2, 0.25) is 0 Å². The summed E-state index contributed by atoms with van der Waals surface area (Å²) in [5.41, 5.74) is 1.32. The molecule has 5 nitrogen and oxygen atoms in total. The van der Waals surface area contributed by atoms with Crippen LogP contribution in [0.3, 0.4) is 0 Å². The van der Waals surface area contributed by atoms with Gasteiger partial charge in [0.05, 0.1) is 0 Å². The molecule has 1 aromatic rings. The van der Waals surface area contributed by atoms with E-state index in [-0.39, 0.29) is 6.42 Å². The van der Waals surface area contributed by atoms with Crippen LogP contribution in [0, 0.1) is 19.3 Å². The van der Waals surface area contributed by atoms with Crippen LogP contribution in [0.4, 0.5) is 0 Å². The molecule has 0 aliphatic carbocycles. The van der Waals surface area contributed by atoms with Gasteiger partial charge in [0.1, 0.15) is 11.7 Å². The van der Waals surface area contributed by atoms with Crippen LogP contribution in [0.15, 0.2) is 12.1 Å². The summed E-state index contributed by atoms with van der Waals surface area (Å²) >= 11 is 0. The summed E-state index contributed by atoms with van der Waals surface area (Å²) in [6.07, 6.45) is 5.01. The molecule has 1 aromatic heterocycles. The maximum atomic E-state index is 11.8. The van der Waals surface area contributed by atoms with E-state index in [4.69, 9.17) is 11.5 Å². The smallest absolute Gasteiger partial charge is 0.327 e. The van der Waals surface area contributed by atoms with Crippen molar-refractivity contribution in [1.29, 1.82) is 0 Å². The van der Waals surface area contributed by atoms with E-state index < -0.39 is 17.9 Å². The van der Waals surface area contributed by atoms with E-state index in [1.54, 1.807) is 23.7 Å². The van der Waals surface area contributed by atoms with Crippen LogP contribution in [0.25, 0.3) is 0 Å². The lowest BCUT2D eigenvalue weighted by molar-refractivity contribution is -0.139. The maximum Gasteiger partial charge on any atom is 0.327 e. The Hall–Kier alpha value is -2.22. The molecule has 0 aliphatic heterocycles. The van der Waals surface area contributed by atoms with Crippen LogP contribution in [-0.4, -0.2) is 27.6 Å². The minimum Gasteiger partial charge on any atom is -0.480 e. The van der Waals surface area contributed by atoms with Crippen molar-refractivity contribution < 1.29 is 14.7 Å². The van der Waals surface area contributed by atoms with Crippen LogP contribution >= 0.6 is 0 Å². The first-order valence-electron chi connectivity index (χ1n) is 5.06. The number of rotatable bonds is 4. The largest absolute Gasteiger partial charge is 0.480 e. The Bertz CT molecular complexity index is 482. The number of carbonyl (C=O) groups is 2. The zero-order chi connectivity index (χ0) is 13.0. The van der Waals surface area contributed by atoms with Gasteiger partial charge < -0.3 is 15.0 Å². The topological polar surface area (TPSA) is 71.3 Å². The second-order valence-corrected chi connectivity index (χ2v) is 3.69. The normalized spacial score (nSPS) is 11.6. The fraction of sp³-hybridized carbons (Fsp3) is 0.333. The van der Waals surface area contributed by atoms with E-state index in [9.17, 15) is 9.59 Å². The second-order valence-electron chi connectivity index (χ2n) is 3.69. The molecule has 1 unspecified atom stereocenters. The van der Waals surface area contributed by atoms with Crippen molar-refractivity contribution in [2.45, 2.75) is 19.4 Å². The number of carbonyl (C=O) groups excluding carboxylic acids is 1. The number of amides is 1. The maximum absolute atomic E-state index is 11.8. The van der Waals surface area contributed by atoms with Crippen molar-refractivity contribution in [3.63, 3.8) is 0 Å². The number of hydrogen-bond donors (Lipinski definition) is 2. The summed E-state index contributed by atoms with van der Waals surface area (Å²) in [6.45, 7) is 1.85. The number of aromatic nitrogens is 1. The standard InChI is InChI=1S/C12H14N2O3/c1-4-5-9(12(16)17)13-11(15)10-7-6-8(2)14(10)3/h1,6-7,9H,5H2,2-3H3,(H,13,15)(H,16,17). The Morgan fingerprint density at radius 3 is 2.65 bits per heavy atom. The van der Waals surface area contributed by atoms with E-state index in [0.29, 0.717) is 5.69 Å². The van der Waals surface area contributed by atoms with Crippen molar-refractivity contribution in [2.24, 2.45) is 7.05 Å². The summed E-state index contributed by atoms with van der Waals surface area (Å²) in [5, 5.41) is 11.2. The molecule has 2 N–H and O–H groups in total. The molecule has 0 saturated carbocycles. The second kappa shape index (κ2) is 5.21. The molecule has 17 heavy (non-hydrogen) atoms. The first-order valence-corrected chi connectivity index (χ1v) is 5.06. The molecule has 0 aromatic carbocycles. The Kier molecular flexibility index (Phi) is 3.94. The number of nitrogens with zero attached hydrogens (tertiary/aromatic N) is 1. The highest BCUT2D eigenvalue weighted by atomic mass is 16.4. The summed E-state index contributed by atoms with van der Waals surface area (Å²) in [7, 11) is 1.74. The average Bonchev–Trinajstić information content (AvgIpc) is 2.59. The number of aliphatic carboxylic acids is 1. The first-order chi connectivity index (χ1) is 7.97. The van der Waals surface area contributed by atoms with Gasteiger partial charge in [-0.25, -0.2) is 4.79 Å². The Balaban J connectivity index is 2.82. The van der Waals surface area contributed by atoms with Crippen LogP contribution in [-0.2, 0) is 11.8 Å². The number of carboxylic acid groups (broad SMARTS) is 1. The van der Waals surface area contributed by atoms with Crippen LogP contribution in [0.1, 0.15) is 22.6 Å². The van der Waals surface area contributed by atoms with Gasteiger partial charge in [-0.1, -0.05) is 0 Å². The molecular weight excluding hydrogens is 220 g/mol. The molecule has 5 heteroatoms. The number of hydrogen-bond acceptors (Lipinski definition) is 2. The third-order valence-electron chi connectivity index (χ3n) is 2.53. The van der Waals surface area contributed by atoms with E-state index in [0.717, 1.165) is 5.69 Å². The van der Waals surface area contributed by atoms with Gasteiger partial charge >= 0.3 is 5.97 Å². The highest BCUT2D eigenvalue weighted by molar-refractivity contribution is 5.95. The van der Waals surface area contributed by atoms with Gasteiger partial charge in [-0.05, 0) is 19.1 Å². The fourth-order valence-electron chi connectivity index (χ4n) is 1.39. The van der Waals surface area contributed by atoms with E-state index in [1.807, 2.05) is 6.92 Å². The predicted molar refractivity (Wildman–Crippen MR) is 62.5 cm³/mol. The SMILES string of the molecule is C#CCC(NC(=O)c1ccc(C)n1C)C(=O)O. The molecule has 1 amide bonds. The van der Waals surface area contributed by atoms with E-state index in [2.05, 4.69) is 11.2 Å². The van der Waals surface area contributed by atoms with E-state index in [1.165, 1.54) is 0 Å². The van der Waals surface area contributed by atoms with Gasteiger partial charge in [-0.2, -0.15) is 0 Å². The highest BCUT2D eigenvalue weighted by Crippen LogP contribution is 2.06. The van der Waals surface area contributed by atoms with Gasteiger partial charge in [0.25, 0.3) is 5.91 Å². The molecule has 0 aliphatic rings. The van der Waals surface area contributed by atoms with Crippen molar-refractivity contribution in [3.8, 4) is 12.3 Å². The Morgan fingerprint density at radius 1 is 1.59 bits per heavy atom. The molecule has 0 bridgehead atoms. The lowest BCUT2D eigenvalue weighted by atomic mass is 10.2. The van der Waals surface area contributed by atoms with Gasteiger partial charge in [-0.3, -0.25) is 4.79 Å². The highest BCUT2D eigenvalue weighted by Gasteiger charge is 2.20. The van der Waals surface area contributed by atoms with Crippen molar-refractivity contribution >= 4 is 11.9 Å². The monoisotopic (exact) mass is 234 g/mol. The first kappa shape index (κ1) is 12.8. The van der Waals surface area contributed by atoms with Gasteiger partial charge in [0.15, 0.2) is 0 Å². The predicted octanol–water partition coefficient (Wildman–Crippen LogP) is 0.540. The van der Waals surface area contributed by atoms with Crippen molar-refractivity contribution in [3.05, 3.63) is 23.5 Å². The Morgan fingerprint density at radius 2 is 2.24 bits per heavy atom.